The van der Waals surface area contributed by atoms with E-state index in [1.54, 1.807) is 0 Å². The fourth-order valence-electron chi connectivity index (χ4n) is 1.71. The van der Waals surface area contributed by atoms with E-state index >= 15 is 0 Å². The van der Waals surface area contributed by atoms with Crippen LogP contribution in [0.15, 0.2) is 46.4 Å². The van der Waals surface area contributed by atoms with Crippen LogP contribution in [0.2, 0.25) is 0 Å². The van der Waals surface area contributed by atoms with E-state index in [0.717, 1.165) is 12.1 Å². The van der Waals surface area contributed by atoms with Gasteiger partial charge in [0, 0.05) is 11.1 Å². The Kier molecular flexibility index (Phi) is 3.88. The molecule has 1 N–H and O–H groups in total. The van der Waals surface area contributed by atoms with Gasteiger partial charge in [0.25, 0.3) is 0 Å². The van der Waals surface area contributed by atoms with Gasteiger partial charge in [0.1, 0.15) is 11.5 Å². The van der Waals surface area contributed by atoms with E-state index in [4.69, 9.17) is 9.52 Å². The maximum atomic E-state index is 12.6. The first-order valence-corrected chi connectivity index (χ1v) is 5.96. The molecule has 0 atom stereocenters. The smallest absolute Gasteiger partial charge is 0.416 e. The number of hydrogen-bond donors (Lipinski definition) is 1. The minimum absolute atomic E-state index is 0.0694. The zero-order valence-electron chi connectivity index (χ0n) is 10.9. The van der Waals surface area contributed by atoms with E-state index in [-0.39, 0.29) is 22.7 Å². The average Bonchev–Trinajstić information content (AvgIpc) is 2.86. The summed E-state index contributed by atoms with van der Waals surface area (Å²) in [5.41, 5.74) is -0.424. The van der Waals surface area contributed by atoms with E-state index in [1.165, 1.54) is 37.3 Å². The van der Waals surface area contributed by atoms with Crippen molar-refractivity contribution in [1.29, 1.82) is 0 Å². The van der Waals surface area contributed by atoms with Crippen LogP contribution in [-0.4, -0.2) is 11.1 Å². The fraction of sp³-hybridized carbons (Fsp3) is 0.133. The summed E-state index contributed by atoms with van der Waals surface area (Å²) < 4.78 is 43.3. The molecule has 21 heavy (non-hydrogen) atoms. The van der Waals surface area contributed by atoms with Gasteiger partial charge in [0.05, 0.1) is 5.56 Å². The minimum Gasteiger partial charge on any atom is -0.478 e. The van der Waals surface area contributed by atoms with Crippen LogP contribution in [0.4, 0.5) is 13.2 Å². The van der Waals surface area contributed by atoms with Gasteiger partial charge in [-0.15, -0.1) is 0 Å². The van der Waals surface area contributed by atoms with E-state index in [2.05, 4.69) is 0 Å². The summed E-state index contributed by atoms with van der Waals surface area (Å²) in [6.45, 7) is 1.40. The lowest BCUT2D eigenvalue weighted by Gasteiger charge is -2.07. The fourth-order valence-corrected chi connectivity index (χ4v) is 1.71. The zero-order valence-corrected chi connectivity index (χ0v) is 10.9. The van der Waals surface area contributed by atoms with Crippen molar-refractivity contribution < 1.29 is 27.5 Å². The van der Waals surface area contributed by atoms with Crippen molar-refractivity contribution in [2.24, 2.45) is 0 Å². The van der Waals surface area contributed by atoms with E-state index in [1.807, 2.05) is 0 Å². The number of rotatable bonds is 3. The summed E-state index contributed by atoms with van der Waals surface area (Å²) in [4.78, 5) is 10.7. The van der Waals surface area contributed by atoms with Crippen LogP contribution in [-0.2, 0) is 11.0 Å². The highest BCUT2D eigenvalue weighted by Crippen LogP contribution is 2.32. The number of alkyl halides is 3. The molecule has 0 aliphatic carbocycles. The Morgan fingerprint density at radius 3 is 2.57 bits per heavy atom. The van der Waals surface area contributed by atoms with Gasteiger partial charge in [-0.25, -0.2) is 4.79 Å². The molecular formula is C15H11F3O3. The molecule has 0 aliphatic heterocycles. The normalized spacial score (nSPS) is 12.5. The molecule has 6 heteroatoms. The first-order chi connectivity index (χ1) is 9.77. The van der Waals surface area contributed by atoms with Crippen LogP contribution in [0.25, 0.3) is 17.4 Å². The van der Waals surface area contributed by atoms with Crippen LogP contribution in [0.3, 0.4) is 0 Å². The Morgan fingerprint density at radius 1 is 1.24 bits per heavy atom. The lowest BCUT2D eigenvalue weighted by atomic mass is 10.1. The van der Waals surface area contributed by atoms with Crippen LogP contribution in [0.5, 0.6) is 0 Å². The molecule has 0 saturated carbocycles. The molecule has 1 heterocycles. The van der Waals surface area contributed by atoms with Gasteiger partial charge < -0.3 is 9.52 Å². The third kappa shape index (κ3) is 3.53. The first kappa shape index (κ1) is 14.9. The molecule has 0 amide bonds. The Bertz CT molecular complexity index is 696. The lowest BCUT2D eigenvalue weighted by molar-refractivity contribution is -0.137. The second kappa shape index (κ2) is 5.47. The number of furan rings is 1. The van der Waals surface area contributed by atoms with E-state index < -0.39 is 17.7 Å². The van der Waals surface area contributed by atoms with Gasteiger partial charge >= 0.3 is 12.1 Å². The molecule has 110 valence electrons. The van der Waals surface area contributed by atoms with Gasteiger partial charge in [0.2, 0.25) is 0 Å². The highest BCUT2D eigenvalue weighted by atomic mass is 19.4. The summed E-state index contributed by atoms with van der Waals surface area (Å²) in [6, 6.07) is 7.74. The van der Waals surface area contributed by atoms with E-state index in [9.17, 15) is 18.0 Å². The molecule has 0 bridgehead atoms. The van der Waals surface area contributed by atoms with Crippen LogP contribution in [0.1, 0.15) is 18.2 Å². The largest absolute Gasteiger partial charge is 0.478 e. The minimum atomic E-state index is -4.43. The second-order valence-electron chi connectivity index (χ2n) is 4.41. The third-order valence-electron chi connectivity index (χ3n) is 2.80. The molecule has 2 aromatic rings. The number of aliphatic carboxylic acids is 1. The standard InChI is InChI=1S/C15H11F3O3/c1-9(14(19)20)7-12-5-6-13(21-12)10-3-2-4-11(8-10)15(16,17)18/h2-8H,1H3,(H,19,20)/b9-7+. The van der Waals surface area contributed by atoms with Gasteiger partial charge in [-0.2, -0.15) is 13.2 Å². The van der Waals surface area contributed by atoms with Crippen molar-refractivity contribution in [3.63, 3.8) is 0 Å². The van der Waals surface area contributed by atoms with Crippen molar-refractivity contribution in [3.8, 4) is 11.3 Å². The molecule has 1 aromatic carbocycles. The molecule has 0 radical (unpaired) electrons. The molecule has 3 nitrogen and oxygen atoms in total. The van der Waals surface area contributed by atoms with Gasteiger partial charge in [-0.3, -0.25) is 0 Å². The Hall–Kier alpha value is -2.50. The van der Waals surface area contributed by atoms with Gasteiger partial charge in [-0.1, -0.05) is 12.1 Å². The number of carboxylic acids is 1. The number of carbonyl (C=O) groups is 1. The number of hydrogen-bond acceptors (Lipinski definition) is 2. The predicted octanol–water partition coefficient (Wildman–Crippen LogP) is 4.45. The molecule has 0 spiro atoms. The Labute approximate surface area is 118 Å². The van der Waals surface area contributed by atoms with Gasteiger partial charge in [-0.05, 0) is 37.3 Å². The van der Waals surface area contributed by atoms with Crippen molar-refractivity contribution in [3.05, 3.63) is 53.3 Å². The lowest BCUT2D eigenvalue weighted by Crippen LogP contribution is -2.04. The number of benzene rings is 1. The molecular weight excluding hydrogens is 285 g/mol. The van der Waals surface area contributed by atoms with Gasteiger partial charge in [0.15, 0.2) is 0 Å². The highest BCUT2D eigenvalue weighted by molar-refractivity contribution is 5.91. The Morgan fingerprint density at radius 2 is 1.95 bits per heavy atom. The first-order valence-electron chi connectivity index (χ1n) is 5.96. The number of halogens is 3. The van der Waals surface area contributed by atoms with Crippen LogP contribution in [0, 0.1) is 0 Å². The van der Waals surface area contributed by atoms with Crippen LogP contribution < -0.4 is 0 Å². The molecule has 0 fully saturated rings. The summed E-state index contributed by atoms with van der Waals surface area (Å²) >= 11 is 0. The number of carboxylic acid groups (broad SMARTS) is 1. The van der Waals surface area contributed by atoms with Crippen molar-refractivity contribution in [1.82, 2.24) is 0 Å². The monoisotopic (exact) mass is 296 g/mol. The molecule has 1 aromatic heterocycles. The van der Waals surface area contributed by atoms with Crippen molar-refractivity contribution >= 4 is 12.0 Å². The van der Waals surface area contributed by atoms with Crippen molar-refractivity contribution in [2.45, 2.75) is 13.1 Å². The summed E-state index contributed by atoms with van der Waals surface area (Å²) in [7, 11) is 0. The maximum Gasteiger partial charge on any atom is 0.416 e. The molecule has 0 aliphatic rings. The SMILES string of the molecule is C/C(=C\c1ccc(-c2cccc(C(F)(F)F)c2)o1)C(=O)O. The average molecular weight is 296 g/mol. The summed E-state index contributed by atoms with van der Waals surface area (Å²) in [5.74, 6) is -0.583. The topological polar surface area (TPSA) is 50.4 Å². The van der Waals surface area contributed by atoms with Crippen LogP contribution >= 0.6 is 0 Å². The predicted molar refractivity (Wildman–Crippen MR) is 70.4 cm³/mol. The molecule has 0 saturated heterocycles. The third-order valence-corrected chi connectivity index (χ3v) is 2.80. The second-order valence-corrected chi connectivity index (χ2v) is 4.41. The molecule has 2 rings (SSSR count). The highest BCUT2D eigenvalue weighted by Gasteiger charge is 2.30. The maximum absolute atomic E-state index is 12.6. The van der Waals surface area contributed by atoms with E-state index in [0.29, 0.717) is 0 Å². The Balaban J connectivity index is 2.34. The summed E-state index contributed by atoms with van der Waals surface area (Å²) in [5, 5.41) is 8.76. The summed E-state index contributed by atoms with van der Waals surface area (Å²) in [6.07, 6.45) is -3.12. The zero-order chi connectivity index (χ0) is 15.6. The molecule has 0 unspecified atom stereocenters. The van der Waals surface area contributed by atoms with Crippen molar-refractivity contribution in [2.75, 3.05) is 0 Å². The quantitative estimate of drug-likeness (QED) is 0.851.